The van der Waals surface area contributed by atoms with Crippen LogP contribution in [-0.2, 0) is 9.59 Å². The standard InChI is InChI=1S/C11H18N2O2/c1-4-5-12-6-7-13(8-9(2)3)11(15)10(12)14/h4,9H,1,5-8H2,2-3H3. The van der Waals surface area contributed by atoms with Gasteiger partial charge in [0.15, 0.2) is 0 Å². The fourth-order valence-electron chi connectivity index (χ4n) is 1.66. The van der Waals surface area contributed by atoms with E-state index in [2.05, 4.69) is 6.58 Å². The number of rotatable bonds is 4. The second-order valence-corrected chi connectivity index (χ2v) is 4.18. The third-order valence-electron chi connectivity index (χ3n) is 2.33. The third kappa shape index (κ3) is 2.81. The summed E-state index contributed by atoms with van der Waals surface area (Å²) in [4.78, 5) is 26.4. The van der Waals surface area contributed by atoms with Crippen molar-refractivity contribution >= 4 is 11.8 Å². The Morgan fingerprint density at radius 1 is 1.27 bits per heavy atom. The molecular formula is C11H18N2O2. The van der Waals surface area contributed by atoms with Crippen molar-refractivity contribution in [2.75, 3.05) is 26.2 Å². The van der Waals surface area contributed by atoms with Crippen molar-refractivity contribution in [1.29, 1.82) is 0 Å². The van der Waals surface area contributed by atoms with Crippen molar-refractivity contribution < 1.29 is 9.59 Å². The van der Waals surface area contributed by atoms with Crippen LogP contribution in [0.15, 0.2) is 12.7 Å². The van der Waals surface area contributed by atoms with Gasteiger partial charge in [-0.2, -0.15) is 0 Å². The van der Waals surface area contributed by atoms with E-state index in [0.717, 1.165) is 0 Å². The van der Waals surface area contributed by atoms with Crippen molar-refractivity contribution in [3.63, 3.8) is 0 Å². The molecule has 4 heteroatoms. The lowest BCUT2D eigenvalue weighted by molar-refractivity contribution is -0.155. The van der Waals surface area contributed by atoms with E-state index in [0.29, 0.717) is 32.1 Å². The van der Waals surface area contributed by atoms with Gasteiger partial charge in [0.05, 0.1) is 0 Å². The average molecular weight is 210 g/mol. The lowest BCUT2D eigenvalue weighted by Gasteiger charge is -2.34. The molecule has 1 rings (SSSR count). The molecule has 0 aromatic carbocycles. The minimum Gasteiger partial charge on any atom is -0.332 e. The van der Waals surface area contributed by atoms with E-state index in [-0.39, 0.29) is 5.91 Å². The molecule has 15 heavy (non-hydrogen) atoms. The van der Waals surface area contributed by atoms with Crippen LogP contribution >= 0.6 is 0 Å². The van der Waals surface area contributed by atoms with E-state index in [4.69, 9.17) is 0 Å². The predicted molar refractivity (Wildman–Crippen MR) is 58.2 cm³/mol. The van der Waals surface area contributed by atoms with Crippen LogP contribution in [0.1, 0.15) is 13.8 Å². The summed E-state index contributed by atoms with van der Waals surface area (Å²) < 4.78 is 0. The molecule has 0 aromatic rings. The van der Waals surface area contributed by atoms with Gasteiger partial charge in [-0.05, 0) is 5.92 Å². The van der Waals surface area contributed by atoms with Gasteiger partial charge < -0.3 is 9.80 Å². The number of piperazine rings is 1. The average Bonchev–Trinajstić information content (AvgIpc) is 2.17. The molecule has 1 fully saturated rings. The summed E-state index contributed by atoms with van der Waals surface area (Å²) in [5, 5.41) is 0. The molecule has 1 saturated heterocycles. The lowest BCUT2D eigenvalue weighted by Crippen LogP contribution is -2.54. The largest absolute Gasteiger partial charge is 0.332 e. The Bertz CT molecular complexity index is 274. The minimum atomic E-state index is -0.401. The molecular weight excluding hydrogens is 192 g/mol. The first kappa shape index (κ1) is 11.8. The van der Waals surface area contributed by atoms with Crippen LogP contribution < -0.4 is 0 Å². The molecule has 2 amide bonds. The van der Waals surface area contributed by atoms with Crippen LogP contribution in [0.25, 0.3) is 0 Å². The number of amides is 2. The minimum absolute atomic E-state index is 0.378. The van der Waals surface area contributed by atoms with Gasteiger partial charge in [-0.3, -0.25) is 9.59 Å². The fraction of sp³-hybridized carbons (Fsp3) is 0.636. The van der Waals surface area contributed by atoms with E-state index in [1.807, 2.05) is 13.8 Å². The topological polar surface area (TPSA) is 40.6 Å². The van der Waals surface area contributed by atoms with Crippen molar-refractivity contribution in [3.8, 4) is 0 Å². The number of carbonyl (C=O) groups excluding carboxylic acids is 2. The maximum Gasteiger partial charge on any atom is 0.312 e. The quantitative estimate of drug-likeness (QED) is 0.501. The van der Waals surface area contributed by atoms with Crippen LogP contribution in [0, 0.1) is 5.92 Å². The van der Waals surface area contributed by atoms with Gasteiger partial charge in [0.25, 0.3) is 0 Å². The second-order valence-electron chi connectivity index (χ2n) is 4.18. The highest BCUT2D eigenvalue weighted by Gasteiger charge is 2.31. The van der Waals surface area contributed by atoms with Crippen LogP contribution in [0.4, 0.5) is 0 Å². The summed E-state index contributed by atoms with van der Waals surface area (Å²) in [5.41, 5.74) is 0. The lowest BCUT2D eigenvalue weighted by atomic mass is 10.2. The molecule has 0 bridgehead atoms. The first-order chi connectivity index (χ1) is 7.06. The Balaban J connectivity index is 2.60. The first-order valence-electron chi connectivity index (χ1n) is 5.25. The monoisotopic (exact) mass is 210 g/mol. The molecule has 0 aromatic heterocycles. The third-order valence-corrected chi connectivity index (χ3v) is 2.33. The predicted octanol–water partition coefficient (Wildman–Crippen LogP) is 0.499. The normalized spacial score (nSPS) is 17.5. The molecule has 0 saturated carbocycles. The molecule has 0 unspecified atom stereocenters. The van der Waals surface area contributed by atoms with E-state index in [1.165, 1.54) is 4.90 Å². The smallest absolute Gasteiger partial charge is 0.312 e. The molecule has 4 nitrogen and oxygen atoms in total. The zero-order valence-corrected chi connectivity index (χ0v) is 9.40. The van der Waals surface area contributed by atoms with Gasteiger partial charge in [0, 0.05) is 26.2 Å². The molecule has 1 aliphatic rings. The number of carbonyl (C=O) groups is 2. The highest BCUT2D eigenvalue weighted by molar-refractivity contribution is 6.35. The molecule has 0 N–H and O–H groups in total. The van der Waals surface area contributed by atoms with Crippen LogP contribution in [0.2, 0.25) is 0 Å². The molecule has 0 aliphatic carbocycles. The van der Waals surface area contributed by atoms with Gasteiger partial charge in [0.2, 0.25) is 0 Å². The second kappa shape index (κ2) is 4.96. The summed E-state index contributed by atoms with van der Waals surface area (Å²) in [6.07, 6.45) is 1.64. The Kier molecular flexibility index (Phi) is 3.88. The Morgan fingerprint density at radius 2 is 1.80 bits per heavy atom. The Morgan fingerprint density at radius 3 is 2.33 bits per heavy atom. The molecule has 1 aliphatic heterocycles. The fourth-order valence-corrected chi connectivity index (χ4v) is 1.66. The van der Waals surface area contributed by atoms with Crippen LogP contribution in [0.3, 0.4) is 0 Å². The van der Waals surface area contributed by atoms with E-state index in [1.54, 1.807) is 11.0 Å². The summed E-state index contributed by atoms with van der Waals surface area (Å²) >= 11 is 0. The Hall–Kier alpha value is -1.32. The van der Waals surface area contributed by atoms with Gasteiger partial charge in [0.1, 0.15) is 0 Å². The van der Waals surface area contributed by atoms with Crippen molar-refractivity contribution in [2.24, 2.45) is 5.92 Å². The van der Waals surface area contributed by atoms with Gasteiger partial charge in [-0.1, -0.05) is 19.9 Å². The number of nitrogens with zero attached hydrogens (tertiary/aromatic N) is 2. The summed E-state index contributed by atoms with van der Waals surface area (Å²) in [6, 6.07) is 0. The molecule has 0 radical (unpaired) electrons. The highest BCUT2D eigenvalue weighted by atomic mass is 16.2. The van der Waals surface area contributed by atoms with Crippen molar-refractivity contribution in [2.45, 2.75) is 13.8 Å². The number of hydrogen-bond donors (Lipinski definition) is 0. The molecule has 1 heterocycles. The van der Waals surface area contributed by atoms with Crippen molar-refractivity contribution in [1.82, 2.24) is 9.80 Å². The zero-order chi connectivity index (χ0) is 11.4. The maximum absolute atomic E-state index is 11.6. The van der Waals surface area contributed by atoms with Gasteiger partial charge >= 0.3 is 11.8 Å². The van der Waals surface area contributed by atoms with Crippen molar-refractivity contribution in [3.05, 3.63) is 12.7 Å². The maximum atomic E-state index is 11.6. The summed E-state index contributed by atoms with van der Waals surface area (Å²) in [7, 11) is 0. The molecule has 0 spiro atoms. The zero-order valence-electron chi connectivity index (χ0n) is 9.40. The van der Waals surface area contributed by atoms with E-state index in [9.17, 15) is 9.59 Å². The van der Waals surface area contributed by atoms with Gasteiger partial charge in [-0.25, -0.2) is 0 Å². The summed E-state index contributed by atoms with van der Waals surface area (Å²) in [5.74, 6) is -0.383. The SMILES string of the molecule is C=CCN1CCN(CC(C)C)C(=O)C1=O. The number of hydrogen-bond acceptors (Lipinski definition) is 2. The van der Waals surface area contributed by atoms with E-state index >= 15 is 0 Å². The Labute approximate surface area is 90.5 Å². The van der Waals surface area contributed by atoms with E-state index < -0.39 is 5.91 Å². The van der Waals surface area contributed by atoms with Crippen LogP contribution in [-0.4, -0.2) is 47.8 Å². The molecule has 84 valence electrons. The molecule has 0 atom stereocenters. The summed E-state index contributed by atoms with van der Waals surface area (Å²) in [6.45, 7) is 10.0. The van der Waals surface area contributed by atoms with Gasteiger partial charge in [-0.15, -0.1) is 6.58 Å². The highest BCUT2D eigenvalue weighted by Crippen LogP contribution is 2.07. The first-order valence-corrected chi connectivity index (χ1v) is 5.25. The van der Waals surface area contributed by atoms with Crippen LogP contribution in [0.5, 0.6) is 0 Å².